The number of Topliss-reactive ketones (excluding diaryl/α,β-unsaturated/α-hetero) is 1. The van der Waals surface area contributed by atoms with Gasteiger partial charge in [-0.1, -0.05) is 121 Å². The van der Waals surface area contributed by atoms with Gasteiger partial charge in [0.2, 0.25) is 0 Å². The van der Waals surface area contributed by atoms with Crippen molar-refractivity contribution in [2.45, 2.75) is 117 Å². The van der Waals surface area contributed by atoms with Crippen molar-refractivity contribution in [3.05, 3.63) is 35.9 Å². The maximum atomic E-state index is 12.5. The van der Waals surface area contributed by atoms with Crippen LogP contribution >= 0.6 is 0 Å². The first-order chi connectivity index (χ1) is 13.3. The third kappa shape index (κ3) is 12.8. The van der Waals surface area contributed by atoms with Gasteiger partial charge in [-0.2, -0.15) is 0 Å². The number of ketones is 1. The molecule has 154 valence electrons. The Bertz CT molecular complexity index is 451. The van der Waals surface area contributed by atoms with Crippen LogP contribution in [0.25, 0.3) is 0 Å². The molecule has 0 fully saturated rings. The summed E-state index contributed by atoms with van der Waals surface area (Å²) < 4.78 is 0. The summed E-state index contributed by atoms with van der Waals surface area (Å²) in [5.41, 5.74) is 1.31. The Morgan fingerprint density at radius 1 is 0.704 bits per heavy atom. The summed E-state index contributed by atoms with van der Waals surface area (Å²) in [6.07, 6.45) is 20.2. The molecule has 0 aliphatic heterocycles. The van der Waals surface area contributed by atoms with E-state index < -0.39 is 0 Å². The van der Waals surface area contributed by atoms with Gasteiger partial charge >= 0.3 is 0 Å². The van der Waals surface area contributed by atoms with Gasteiger partial charge in [0, 0.05) is 12.3 Å². The topological polar surface area (TPSA) is 17.1 Å². The highest BCUT2D eigenvalue weighted by atomic mass is 16.1. The van der Waals surface area contributed by atoms with E-state index in [9.17, 15) is 4.79 Å². The van der Waals surface area contributed by atoms with Crippen molar-refractivity contribution in [3.8, 4) is 0 Å². The molecule has 0 amide bonds. The van der Waals surface area contributed by atoms with Crippen molar-refractivity contribution >= 4 is 5.78 Å². The zero-order valence-corrected chi connectivity index (χ0v) is 18.2. The second kappa shape index (κ2) is 17.0. The quantitative estimate of drug-likeness (QED) is 0.237. The molecule has 1 atom stereocenters. The van der Waals surface area contributed by atoms with Crippen molar-refractivity contribution in [2.75, 3.05) is 0 Å². The molecule has 0 aliphatic carbocycles. The molecule has 0 spiro atoms. The predicted molar refractivity (Wildman–Crippen MR) is 119 cm³/mol. The van der Waals surface area contributed by atoms with Crippen molar-refractivity contribution in [1.29, 1.82) is 0 Å². The fourth-order valence-corrected chi connectivity index (χ4v) is 3.96. The van der Waals surface area contributed by atoms with Crippen LogP contribution in [-0.2, 0) is 11.2 Å². The van der Waals surface area contributed by atoms with E-state index >= 15 is 0 Å². The van der Waals surface area contributed by atoms with Gasteiger partial charge in [0.15, 0.2) is 0 Å². The van der Waals surface area contributed by atoms with Gasteiger partial charge in [0.1, 0.15) is 5.78 Å². The average molecular weight is 373 g/mol. The predicted octanol–water partition coefficient (Wildman–Crippen LogP) is 8.31. The molecule has 27 heavy (non-hydrogen) atoms. The Kier molecular flexibility index (Phi) is 15.1. The minimum atomic E-state index is 0.232. The summed E-state index contributed by atoms with van der Waals surface area (Å²) in [4.78, 5) is 12.5. The fraction of sp³-hybridized carbons (Fsp3) is 0.731. The Labute approximate surface area is 169 Å². The van der Waals surface area contributed by atoms with E-state index in [2.05, 4.69) is 44.2 Å². The van der Waals surface area contributed by atoms with Gasteiger partial charge in [-0.15, -0.1) is 0 Å². The molecule has 1 nitrogen and oxygen atoms in total. The highest BCUT2D eigenvalue weighted by Gasteiger charge is 2.17. The van der Waals surface area contributed by atoms with Crippen LogP contribution in [0.5, 0.6) is 0 Å². The Morgan fingerprint density at radius 3 is 1.74 bits per heavy atom. The number of unbranched alkanes of at least 4 members (excludes halogenated alkanes) is 11. The summed E-state index contributed by atoms with van der Waals surface area (Å²) in [5.74, 6) is 0.708. The minimum Gasteiger partial charge on any atom is -0.299 e. The maximum Gasteiger partial charge on any atom is 0.136 e. The van der Waals surface area contributed by atoms with Crippen molar-refractivity contribution in [3.63, 3.8) is 0 Å². The van der Waals surface area contributed by atoms with E-state index in [4.69, 9.17) is 0 Å². The van der Waals surface area contributed by atoms with Gasteiger partial charge in [0.05, 0.1) is 0 Å². The first-order valence-corrected chi connectivity index (χ1v) is 11.8. The molecule has 0 heterocycles. The van der Waals surface area contributed by atoms with Crippen LogP contribution in [0.15, 0.2) is 30.3 Å². The monoisotopic (exact) mass is 372 g/mol. The third-order valence-corrected chi connectivity index (χ3v) is 5.68. The molecular formula is C26H44O. The molecule has 0 saturated heterocycles. The largest absolute Gasteiger partial charge is 0.299 e. The standard InChI is InChI=1S/C26H44O/c1-3-5-6-7-8-9-10-11-12-13-14-18-22-25(26(27)19-4-2)23-24-20-16-15-17-21-24/h15-17,20-21,25H,3-14,18-19,22-23H2,1-2H3. The lowest BCUT2D eigenvalue weighted by Crippen LogP contribution is -2.17. The average Bonchev–Trinajstić information content (AvgIpc) is 2.69. The molecule has 1 rings (SSSR count). The number of benzene rings is 1. The third-order valence-electron chi connectivity index (χ3n) is 5.68. The molecule has 0 radical (unpaired) electrons. The summed E-state index contributed by atoms with van der Waals surface area (Å²) in [6, 6.07) is 10.5. The lowest BCUT2D eigenvalue weighted by molar-refractivity contribution is -0.123. The van der Waals surface area contributed by atoms with Crippen LogP contribution in [-0.4, -0.2) is 5.78 Å². The van der Waals surface area contributed by atoms with Crippen LogP contribution in [0.1, 0.15) is 116 Å². The van der Waals surface area contributed by atoms with E-state index in [-0.39, 0.29) is 5.92 Å². The Balaban J connectivity index is 2.10. The van der Waals surface area contributed by atoms with Crippen LogP contribution in [0.3, 0.4) is 0 Å². The van der Waals surface area contributed by atoms with Crippen LogP contribution < -0.4 is 0 Å². The molecular weight excluding hydrogens is 328 g/mol. The number of hydrogen-bond acceptors (Lipinski definition) is 1. The molecule has 0 N–H and O–H groups in total. The highest BCUT2D eigenvalue weighted by Crippen LogP contribution is 2.20. The number of carbonyl (C=O) groups excluding carboxylic acids is 1. The number of rotatable bonds is 18. The first kappa shape index (κ1) is 23.9. The summed E-state index contributed by atoms with van der Waals surface area (Å²) in [6.45, 7) is 4.39. The van der Waals surface area contributed by atoms with E-state index in [1.54, 1.807) is 0 Å². The van der Waals surface area contributed by atoms with Gasteiger partial charge in [0.25, 0.3) is 0 Å². The van der Waals surface area contributed by atoms with Gasteiger partial charge < -0.3 is 0 Å². The summed E-state index contributed by atoms with van der Waals surface area (Å²) in [5, 5.41) is 0. The highest BCUT2D eigenvalue weighted by molar-refractivity contribution is 5.81. The van der Waals surface area contributed by atoms with Crippen molar-refractivity contribution in [2.24, 2.45) is 5.92 Å². The smallest absolute Gasteiger partial charge is 0.136 e. The van der Waals surface area contributed by atoms with Gasteiger partial charge in [-0.05, 0) is 24.8 Å². The molecule has 1 unspecified atom stereocenters. The normalized spacial score (nSPS) is 12.2. The second-order valence-corrected chi connectivity index (χ2v) is 8.28. The maximum absolute atomic E-state index is 12.5. The second-order valence-electron chi connectivity index (χ2n) is 8.28. The lowest BCUT2D eigenvalue weighted by atomic mass is 9.88. The SMILES string of the molecule is CCCCCCCCCCCCCCC(Cc1ccccc1)C(=O)CCC. The fourth-order valence-electron chi connectivity index (χ4n) is 3.96. The Morgan fingerprint density at radius 2 is 1.22 bits per heavy atom. The molecule has 1 heteroatoms. The zero-order chi connectivity index (χ0) is 19.6. The number of hydrogen-bond donors (Lipinski definition) is 0. The zero-order valence-electron chi connectivity index (χ0n) is 18.2. The van der Waals surface area contributed by atoms with Crippen molar-refractivity contribution < 1.29 is 4.79 Å². The van der Waals surface area contributed by atoms with Crippen LogP contribution in [0, 0.1) is 5.92 Å². The molecule has 1 aromatic rings. The Hall–Kier alpha value is -1.11. The minimum absolute atomic E-state index is 0.232. The van der Waals surface area contributed by atoms with Gasteiger partial charge in [-0.3, -0.25) is 4.79 Å². The molecule has 1 aromatic carbocycles. The summed E-state index contributed by atoms with van der Waals surface area (Å²) in [7, 11) is 0. The van der Waals surface area contributed by atoms with Gasteiger partial charge in [-0.25, -0.2) is 0 Å². The first-order valence-electron chi connectivity index (χ1n) is 11.8. The van der Waals surface area contributed by atoms with E-state index in [1.807, 2.05) is 0 Å². The molecule has 0 bridgehead atoms. The summed E-state index contributed by atoms with van der Waals surface area (Å²) >= 11 is 0. The van der Waals surface area contributed by atoms with E-state index in [1.165, 1.54) is 82.6 Å². The van der Waals surface area contributed by atoms with E-state index in [0.717, 1.165) is 25.7 Å². The molecule has 0 aromatic heterocycles. The van der Waals surface area contributed by atoms with Crippen molar-refractivity contribution in [1.82, 2.24) is 0 Å². The molecule has 0 aliphatic rings. The number of carbonyl (C=O) groups is 1. The van der Waals surface area contributed by atoms with Crippen LogP contribution in [0.2, 0.25) is 0 Å². The lowest BCUT2D eigenvalue weighted by Gasteiger charge is -2.16. The molecule has 0 saturated carbocycles. The van der Waals surface area contributed by atoms with Crippen LogP contribution in [0.4, 0.5) is 0 Å². The van der Waals surface area contributed by atoms with E-state index in [0.29, 0.717) is 5.78 Å².